The number of hydrogen-bond donors (Lipinski definition) is 3. The first-order valence-corrected chi connectivity index (χ1v) is 10.1. The van der Waals surface area contributed by atoms with Crippen LogP contribution in [0.2, 0.25) is 0 Å². The molecule has 1 aliphatic heterocycles. The maximum absolute atomic E-state index is 15.7. The molecule has 4 aromatic rings. The molecule has 0 bridgehead atoms. The highest BCUT2D eigenvalue weighted by Crippen LogP contribution is 2.58. The van der Waals surface area contributed by atoms with E-state index in [2.05, 4.69) is 20.3 Å². The van der Waals surface area contributed by atoms with Gasteiger partial charge in [0, 0.05) is 22.6 Å². The number of phenols is 1. The molecule has 150 valence electrons. The van der Waals surface area contributed by atoms with Crippen molar-refractivity contribution in [1.29, 1.82) is 0 Å². The van der Waals surface area contributed by atoms with Crippen molar-refractivity contribution in [2.45, 2.75) is 18.3 Å². The second-order valence-corrected chi connectivity index (χ2v) is 8.28. The number of aromatic nitrogens is 3. The highest BCUT2D eigenvalue weighted by atomic mass is 19.1. The third-order valence-electron chi connectivity index (χ3n) is 6.62. The van der Waals surface area contributed by atoms with Crippen LogP contribution in [0.3, 0.4) is 0 Å². The van der Waals surface area contributed by atoms with Crippen LogP contribution in [-0.2, 0) is 5.41 Å². The minimum atomic E-state index is -0.621. The first kappa shape index (κ1) is 17.5. The Labute approximate surface area is 171 Å². The molecule has 2 aromatic carbocycles. The highest BCUT2D eigenvalue weighted by molar-refractivity contribution is 5.99. The lowest BCUT2D eigenvalue weighted by Gasteiger charge is -2.23. The largest absolute Gasteiger partial charge is 0.508 e. The van der Waals surface area contributed by atoms with Gasteiger partial charge in [0.2, 0.25) is 0 Å². The molecule has 1 saturated heterocycles. The maximum atomic E-state index is 15.7. The minimum absolute atomic E-state index is 0.0330. The summed E-state index contributed by atoms with van der Waals surface area (Å²) in [6.45, 7) is 1.77. The Morgan fingerprint density at radius 2 is 1.97 bits per heavy atom. The monoisotopic (exact) mass is 402 g/mol. The number of phenolic OH excluding ortho intramolecular Hbond substituents is 1. The van der Waals surface area contributed by atoms with E-state index in [4.69, 9.17) is 0 Å². The quantitative estimate of drug-likeness (QED) is 0.474. The number of rotatable bonds is 2. The molecule has 6 rings (SSSR count). The molecule has 0 amide bonds. The Hall–Kier alpha value is -3.32. The summed E-state index contributed by atoms with van der Waals surface area (Å²) in [5, 5.41) is 25.9. The fourth-order valence-electron chi connectivity index (χ4n) is 5.05. The Morgan fingerprint density at radius 3 is 2.83 bits per heavy atom. The predicted molar refractivity (Wildman–Crippen MR) is 111 cm³/mol. The van der Waals surface area contributed by atoms with Crippen molar-refractivity contribution in [3.05, 3.63) is 54.1 Å². The SMILES string of the molecule is Oc1cc(-c2ncc3c(C45CCNCC4C5)nc(O)nc3c2F)c2ccccc2c1. The normalized spacial score (nSPS) is 22.9. The Kier molecular flexibility index (Phi) is 3.56. The van der Waals surface area contributed by atoms with Crippen LogP contribution in [0.4, 0.5) is 4.39 Å². The van der Waals surface area contributed by atoms with Crippen molar-refractivity contribution in [2.24, 2.45) is 5.92 Å². The van der Waals surface area contributed by atoms with Crippen LogP contribution in [0, 0.1) is 11.7 Å². The molecule has 2 aromatic heterocycles. The lowest BCUT2D eigenvalue weighted by atomic mass is 9.89. The van der Waals surface area contributed by atoms with Crippen molar-refractivity contribution in [1.82, 2.24) is 20.3 Å². The number of pyridine rings is 1. The molecule has 0 radical (unpaired) electrons. The van der Waals surface area contributed by atoms with Gasteiger partial charge >= 0.3 is 6.01 Å². The van der Waals surface area contributed by atoms with Crippen molar-refractivity contribution >= 4 is 21.7 Å². The summed E-state index contributed by atoms with van der Waals surface area (Å²) < 4.78 is 15.7. The maximum Gasteiger partial charge on any atom is 0.314 e. The molecule has 3 heterocycles. The molecular formula is C23H19FN4O2. The van der Waals surface area contributed by atoms with E-state index in [-0.39, 0.29) is 22.4 Å². The number of halogens is 1. The van der Waals surface area contributed by atoms with Crippen LogP contribution >= 0.6 is 0 Å². The topological polar surface area (TPSA) is 91.2 Å². The number of nitrogens with zero attached hydrogens (tertiary/aromatic N) is 3. The van der Waals surface area contributed by atoms with Crippen LogP contribution in [0.25, 0.3) is 32.9 Å². The number of benzene rings is 2. The molecule has 0 spiro atoms. The average Bonchev–Trinajstić information content (AvgIpc) is 3.49. The van der Waals surface area contributed by atoms with Gasteiger partial charge in [0.1, 0.15) is 17.0 Å². The smallest absolute Gasteiger partial charge is 0.314 e. The van der Waals surface area contributed by atoms with Gasteiger partial charge in [-0.1, -0.05) is 24.3 Å². The highest BCUT2D eigenvalue weighted by Gasteiger charge is 2.58. The number of piperidine rings is 1. The fourth-order valence-corrected chi connectivity index (χ4v) is 5.05. The summed E-state index contributed by atoms with van der Waals surface area (Å²) in [7, 11) is 0. The molecule has 7 heteroatoms. The van der Waals surface area contributed by atoms with Gasteiger partial charge in [-0.15, -0.1) is 0 Å². The van der Waals surface area contributed by atoms with Crippen LogP contribution in [0.5, 0.6) is 11.8 Å². The lowest BCUT2D eigenvalue weighted by Crippen LogP contribution is -2.32. The van der Waals surface area contributed by atoms with E-state index in [9.17, 15) is 10.2 Å². The summed E-state index contributed by atoms with van der Waals surface area (Å²) >= 11 is 0. The first-order chi connectivity index (χ1) is 14.6. The van der Waals surface area contributed by atoms with Gasteiger partial charge in [-0.05, 0) is 54.8 Å². The molecule has 1 saturated carbocycles. The van der Waals surface area contributed by atoms with Crippen molar-refractivity contribution in [3.63, 3.8) is 0 Å². The second-order valence-electron chi connectivity index (χ2n) is 8.28. The van der Waals surface area contributed by atoms with E-state index in [1.165, 1.54) is 6.07 Å². The molecule has 1 aliphatic carbocycles. The third-order valence-corrected chi connectivity index (χ3v) is 6.62. The standard InChI is InChI=1S/C23H19FN4O2/c24-18-19(16-8-14(29)7-12-3-1-2-4-15(12)16)26-11-17-20(18)27-22(30)28-21(17)23-5-6-25-10-13(23)9-23/h1-4,7-8,11,13,25,29H,5-6,9-10H2,(H,27,28,30). The summed E-state index contributed by atoms with van der Waals surface area (Å²) in [5.74, 6) is -0.156. The van der Waals surface area contributed by atoms with E-state index >= 15 is 4.39 Å². The molecule has 2 fully saturated rings. The summed E-state index contributed by atoms with van der Waals surface area (Å²) in [5.41, 5.74) is 1.18. The van der Waals surface area contributed by atoms with Crippen LogP contribution in [0.1, 0.15) is 18.5 Å². The van der Waals surface area contributed by atoms with E-state index in [1.807, 2.05) is 24.3 Å². The summed E-state index contributed by atoms with van der Waals surface area (Å²) in [6, 6.07) is 10.1. The van der Waals surface area contributed by atoms with Gasteiger partial charge < -0.3 is 15.5 Å². The van der Waals surface area contributed by atoms with Crippen LogP contribution in [-0.4, -0.2) is 38.3 Å². The van der Waals surface area contributed by atoms with Crippen LogP contribution in [0.15, 0.2) is 42.6 Å². The third kappa shape index (κ3) is 2.42. The van der Waals surface area contributed by atoms with Crippen molar-refractivity contribution in [2.75, 3.05) is 13.1 Å². The van der Waals surface area contributed by atoms with Gasteiger partial charge in [-0.2, -0.15) is 9.97 Å². The second kappa shape index (κ2) is 6.09. The molecule has 2 unspecified atom stereocenters. The zero-order valence-corrected chi connectivity index (χ0v) is 16.1. The predicted octanol–water partition coefficient (Wildman–Crippen LogP) is 3.65. The number of fused-ring (bicyclic) bond motifs is 3. The fraction of sp³-hybridized carbons (Fsp3) is 0.261. The Morgan fingerprint density at radius 1 is 1.10 bits per heavy atom. The van der Waals surface area contributed by atoms with Crippen molar-refractivity contribution in [3.8, 4) is 23.0 Å². The van der Waals surface area contributed by atoms with Gasteiger partial charge in [0.05, 0.1) is 5.69 Å². The first-order valence-electron chi connectivity index (χ1n) is 10.1. The minimum Gasteiger partial charge on any atom is -0.508 e. The van der Waals surface area contributed by atoms with E-state index in [0.717, 1.165) is 36.7 Å². The summed E-state index contributed by atoms with van der Waals surface area (Å²) in [4.78, 5) is 12.8. The molecule has 2 aliphatic rings. The van der Waals surface area contributed by atoms with E-state index in [0.29, 0.717) is 22.6 Å². The van der Waals surface area contributed by atoms with Gasteiger partial charge in [-0.25, -0.2) is 4.39 Å². The summed E-state index contributed by atoms with van der Waals surface area (Å²) in [6.07, 6.45) is 3.46. The zero-order chi connectivity index (χ0) is 20.5. The average molecular weight is 402 g/mol. The van der Waals surface area contributed by atoms with Gasteiger partial charge in [-0.3, -0.25) is 4.98 Å². The Bertz CT molecular complexity index is 1340. The number of nitrogens with one attached hydrogen (secondary N) is 1. The molecule has 2 atom stereocenters. The number of aromatic hydroxyl groups is 2. The van der Waals surface area contributed by atoms with Crippen LogP contribution < -0.4 is 5.32 Å². The molecule has 3 N–H and O–H groups in total. The van der Waals surface area contributed by atoms with Crippen molar-refractivity contribution < 1.29 is 14.6 Å². The zero-order valence-electron chi connectivity index (χ0n) is 16.1. The van der Waals surface area contributed by atoms with E-state index in [1.54, 1.807) is 12.3 Å². The molecule has 30 heavy (non-hydrogen) atoms. The lowest BCUT2D eigenvalue weighted by molar-refractivity contribution is 0.409. The number of hydrogen-bond acceptors (Lipinski definition) is 6. The van der Waals surface area contributed by atoms with Gasteiger partial charge in [0.15, 0.2) is 5.82 Å². The van der Waals surface area contributed by atoms with E-state index < -0.39 is 11.8 Å². The molecular weight excluding hydrogens is 383 g/mol. The Balaban J connectivity index is 1.60. The van der Waals surface area contributed by atoms with Gasteiger partial charge in [0.25, 0.3) is 0 Å². The molecule has 6 nitrogen and oxygen atoms in total.